The second-order valence-corrected chi connectivity index (χ2v) is 15.5. The van der Waals surface area contributed by atoms with E-state index in [-0.39, 0.29) is 0 Å². The molecule has 4 rings (SSSR count). The molecule has 2 aromatic heterocycles. The Labute approximate surface area is 163 Å². The molecule has 2 aliphatic carbocycles. The van der Waals surface area contributed by atoms with Gasteiger partial charge in [0.15, 0.2) is 0 Å². The van der Waals surface area contributed by atoms with E-state index >= 15 is 0 Å². The average Bonchev–Trinajstić information content (AvgIpc) is 3.16. The van der Waals surface area contributed by atoms with E-state index in [1.54, 1.807) is 20.9 Å². The van der Waals surface area contributed by atoms with Crippen LogP contribution in [0.15, 0.2) is 30.9 Å². The minimum Gasteiger partial charge on any atom is -0.147 e. The van der Waals surface area contributed by atoms with Crippen LogP contribution >= 0.6 is 54.5 Å². The highest BCUT2D eigenvalue weighted by Gasteiger charge is 2.48. The van der Waals surface area contributed by atoms with Gasteiger partial charge in [0.25, 0.3) is 0 Å². The summed E-state index contributed by atoms with van der Waals surface area (Å²) in [5.41, 5.74) is 7.25. The quantitative estimate of drug-likeness (QED) is 0.380. The summed E-state index contributed by atoms with van der Waals surface area (Å²) in [7, 11) is -1.60. The standard InChI is InChI=1S/C18H18Br2S2Si/c1-9-5-11-13(19)7-21-15(11)17(9)23(3,4)18-10(2)6-12-14(20)8-22-16(12)18/h5-8,17-18H,1-4H3. The van der Waals surface area contributed by atoms with Gasteiger partial charge in [0.1, 0.15) is 0 Å². The van der Waals surface area contributed by atoms with Gasteiger partial charge in [-0.25, -0.2) is 0 Å². The fraction of sp³-hybridized carbons (Fsp3) is 0.333. The molecule has 23 heavy (non-hydrogen) atoms. The van der Waals surface area contributed by atoms with Crippen LogP contribution in [0.1, 0.15) is 45.8 Å². The zero-order valence-electron chi connectivity index (χ0n) is 13.5. The van der Waals surface area contributed by atoms with Crippen molar-refractivity contribution in [3.63, 3.8) is 0 Å². The predicted octanol–water partition coefficient (Wildman–Crippen LogP) is 7.82. The minimum atomic E-state index is -1.60. The van der Waals surface area contributed by atoms with E-state index < -0.39 is 8.07 Å². The van der Waals surface area contributed by atoms with Gasteiger partial charge in [-0.05, 0) is 45.7 Å². The molecule has 0 N–H and O–H groups in total. The lowest BCUT2D eigenvalue weighted by Crippen LogP contribution is -2.41. The molecule has 5 heteroatoms. The number of fused-ring (bicyclic) bond motifs is 2. The van der Waals surface area contributed by atoms with Gasteiger partial charge in [0, 0.05) is 51.7 Å². The molecule has 0 spiro atoms. The number of allylic oxidation sites excluding steroid dienone is 2. The SMILES string of the molecule is CC1=Cc2c(Br)csc2C1[Si](C)(C)C1C(C)=Cc2c(Br)csc21. The van der Waals surface area contributed by atoms with Crippen LogP contribution in [0.3, 0.4) is 0 Å². The van der Waals surface area contributed by atoms with E-state index in [9.17, 15) is 0 Å². The smallest absolute Gasteiger partial charge is 0.0743 e. The third-order valence-electron chi connectivity index (χ3n) is 5.29. The van der Waals surface area contributed by atoms with Crippen molar-refractivity contribution < 1.29 is 0 Å². The number of hydrogen-bond donors (Lipinski definition) is 0. The Morgan fingerprint density at radius 2 is 1.22 bits per heavy atom. The monoisotopic (exact) mass is 484 g/mol. The molecule has 0 saturated carbocycles. The molecule has 2 heterocycles. The molecular formula is C18H18Br2S2Si. The lowest BCUT2D eigenvalue weighted by Gasteiger charge is -2.37. The summed E-state index contributed by atoms with van der Waals surface area (Å²) >= 11 is 11.3. The third kappa shape index (κ3) is 2.30. The average molecular weight is 486 g/mol. The number of thiophene rings is 2. The fourth-order valence-electron chi connectivity index (χ4n) is 4.50. The molecule has 120 valence electrons. The Kier molecular flexibility index (Phi) is 3.97. The van der Waals surface area contributed by atoms with Crippen molar-refractivity contribution in [1.82, 2.24) is 0 Å². The molecule has 2 atom stereocenters. The Morgan fingerprint density at radius 1 is 0.826 bits per heavy atom. The molecule has 0 amide bonds. The van der Waals surface area contributed by atoms with Crippen LogP contribution in [0.5, 0.6) is 0 Å². The molecule has 0 aromatic carbocycles. The van der Waals surface area contributed by atoms with Gasteiger partial charge in [-0.3, -0.25) is 0 Å². The second-order valence-electron chi connectivity index (χ2n) is 7.19. The van der Waals surface area contributed by atoms with Gasteiger partial charge >= 0.3 is 0 Å². The van der Waals surface area contributed by atoms with Crippen molar-refractivity contribution in [3.05, 3.63) is 51.7 Å². The second kappa shape index (κ2) is 5.53. The largest absolute Gasteiger partial charge is 0.147 e. The first-order chi connectivity index (χ1) is 10.8. The van der Waals surface area contributed by atoms with Crippen LogP contribution in [-0.2, 0) is 0 Å². The third-order valence-corrected chi connectivity index (χ3v) is 14.2. The maximum atomic E-state index is 3.73. The van der Waals surface area contributed by atoms with Crippen molar-refractivity contribution in [2.24, 2.45) is 0 Å². The van der Waals surface area contributed by atoms with Gasteiger partial charge in [0.05, 0.1) is 8.07 Å². The maximum absolute atomic E-state index is 3.73. The molecular weight excluding hydrogens is 468 g/mol. The summed E-state index contributed by atoms with van der Waals surface area (Å²) in [6.45, 7) is 9.83. The maximum Gasteiger partial charge on any atom is 0.0743 e. The molecule has 0 bridgehead atoms. The molecule has 2 aliphatic rings. The molecule has 0 fully saturated rings. The molecule has 2 aromatic rings. The summed E-state index contributed by atoms with van der Waals surface area (Å²) in [5.74, 6) is 0. The molecule has 0 radical (unpaired) electrons. The minimum absolute atomic E-state index is 0.633. The molecule has 2 unspecified atom stereocenters. The van der Waals surface area contributed by atoms with E-state index in [1.165, 1.54) is 20.1 Å². The van der Waals surface area contributed by atoms with E-state index in [0.29, 0.717) is 11.1 Å². The van der Waals surface area contributed by atoms with E-state index in [2.05, 4.69) is 81.7 Å². The van der Waals surface area contributed by atoms with Crippen molar-refractivity contribution in [2.45, 2.75) is 38.0 Å². The summed E-state index contributed by atoms with van der Waals surface area (Å²) < 4.78 is 2.53. The van der Waals surface area contributed by atoms with Crippen LogP contribution in [0.25, 0.3) is 12.2 Å². The first-order valence-electron chi connectivity index (χ1n) is 7.72. The summed E-state index contributed by atoms with van der Waals surface area (Å²) in [6, 6.07) is 0. The topological polar surface area (TPSA) is 0 Å². The van der Waals surface area contributed by atoms with Gasteiger partial charge < -0.3 is 0 Å². The molecule has 0 nitrogen and oxygen atoms in total. The highest BCUT2D eigenvalue weighted by molar-refractivity contribution is 9.11. The van der Waals surface area contributed by atoms with E-state index in [0.717, 1.165) is 0 Å². The van der Waals surface area contributed by atoms with Gasteiger partial charge in [0.2, 0.25) is 0 Å². The van der Waals surface area contributed by atoms with Crippen molar-refractivity contribution in [3.8, 4) is 0 Å². The first-order valence-corrected chi connectivity index (χ1v) is 14.2. The Balaban J connectivity index is 1.83. The summed E-state index contributed by atoms with van der Waals surface area (Å²) in [4.78, 5) is 3.17. The van der Waals surface area contributed by atoms with Gasteiger partial charge in [-0.15, -0.1) is 22.7 Å². The van der Waals surface area contributed by atoms with Gasteiger partial charge in [-0.2, -0.15) is 0 Å². The zero-order chi connectivity index (χ0) is 16.5. The molecule has 0 saturated heterocycles. The highest BCUT2D eigenvalue weighted by atomic mass is 79.9. The van der Waals surface area contributed by atoms with Crippen LogP contribution < -0.4 is 0 Å². The van der Waals surface area contributed by atoms with E-state index in [4.69, 9.17) is 0 Å². The van der Waals surface area contributed by atoms with Crippen molar-refractivity contribution in [2.75, 3.05) is 0 Å². The van der Waals surface area contributed by atoms with Crippen LogP contribution in [0, 0.1) is 0 Å². The van der Waals surface area contributed by atoms with Crippen molar-refractivity contribution in [1.29, 1.82) is 0 Å². The van der Waals surface area contributed by atoms with E-state index in [1.807, 2.05) is 22.7 Å². The number of rotatable bonds is 2. The van der Waals surface area contributed by atoms with Crippen LogP contribution in [-0.4, -0.2) is 8.07 Å². The molecule has 0 aliphatic heterocycles. The summed E-state index contributed by atoms with van der Waals surface area (Å²) in [6.07, 6.45) is 4.82. The summed E-state index contributed by atoms with van der Waals surface area (Å²) in [5, 5.41) is 4.52. The van der Waals surface area contributed by atoms with Gasteiger partial charge in [-0.1, -0.05) is 36.4 Å². The number of halogens is 2. The lowest BCUT2D eigenvalue weighted by atomic mass is 10.2. The normalized spacial score (nSPS) is 22.9. The van der Waals surface area contributed by atoms with Crippen LogP contribution in [0.2, 0.25) is 13.1 Å². The number of hydrogen-bond acceptors (Lipinski definition) is 2. The Bertz CT molecular complexity index is 799. The van der Waals surface area contributed by atoms with Crippen molar-refractivity contribution >= 4 is 74.8 Å². The zero-order valence-corrected chi connectivity index (χ0v) is 19.3. The first kappa shape index (κ1) is 16.5. The highest BCUT2D eigenvalue weighted by Crippen LogP contribution is 2.56. The Morgan fingerprint density at radius 3 is 1.61 bits per heavy atom. The Hall–Kier alpha value is 0.0569. The fourth-order valence-corrected chi connectivity index (χ4v) is 14.7. The predicted molar refractivity (Wildman–Crippen MR) is 114 cm³/mol. The lowest BCUT2D eigenvalue weighted by molar-refractivity contribution is 0.994. The van der Waals surface area contributed by atoms with Crippen LogP contribution in [0.4, 0.5) is 0 Å².